The van der Waals surface area contributed by atoms with Gasteiger partial charge in [0.15, 0.2) is 0 Å². The second kappa shape index (κ2) is 6.64. The Balaban J connectivity index is 1.48. The lowest BCUT2D eigenvalue weighted by Crippen LogP contribution is -2.25. The molecule has 2 amide bonds. The van der Waals surface area contributed by atoms with Crippen molar-refractivity contribution in [3.63, 3.8) is 0 Å². The van der Waals surface area contributed by atoms with E-state index in [1.807, 2.05) is 17.5 Å². The van der Waals surface area contributed by atoms with Crippen LogP contribution in [0.4, 0.5) is 5.69 Å². The van der Waals surface area contributed by atoms with Crippen molar-refractivity contribution >= 4 is 28.8 Å². The average Bonchev–Trinajstić information content (AvgIpc) is 3.31. The standard InChI is InChI=1S/C20H22N2O2S/c1-12-5-8-16-17(11-25-18(16)9-12)20(24)22-15-4-2-3-13(10-15)19(23)21-14-6-7-14/h2-4,10-12,14H,5-9H2,1H3,(H,21,23)(H,22,24). The van der Waals surface area contributed by atoms with Crippen LogP contribution in [0.5, 0.6) is 0 Å². The summed E-state index contributed by atoms with van der Waals surface area (Å²) in [5.74, 6) is 0.552. The van der Waals surface area contributed by atoms with Gasteiger partial charge in [-0.3, -0.25) is 9.59 Å². The van der Waals surface area contributed by atoms with E-state index in [0.717, 1.165) is 37.7 Å². The van der Waals surface area contributed by atoms with Gasteiger partial charge in [0.25, 0.3) is 11.8 Å². The van der Waals surface area contributed by atoms with Crippen LogP contribution in [0.15, 0.2) is 29.6 Å². The highest BCUT2D eigenvalue weighted by Gasteiger charge is 2.25. The van der Waals surface area contributed by atoms with Crippen LogP contribution < -0.4 is 10.6 Å². The van der Waals surface area contributed by atoms with Crippen LogP contribution in [0.3, 0.4) is 0 Å². The molecule has 0 radical (unpaired) electrons. The van der Waals surface area contributed by atoms with Gasteiger partial charge in [-0.25, -0.2) is 0 Å². The molecule has 1 aromatic carbocycles. The monoisotopic (exact) mass is 354 g/mol. The minimum Gasteiger partial charge on any atom is -0.349 e. The van der Waals surface area contributed by atoms with Crippen LogP contribution in [0.2, 0.25) is 0 Å². The quantitative estimate of drug-likeness (QED) is 0.871. The number of fused-ring (bicyclic) bond motifs is 1. The molecular formula is C20H22N2O2S. The van der Waals surface area contributed by atoms with E-state index in [1.165, 1.54) is 10.4 Å². The van der Waals surface area contributed by atoms with Gasteiger partial charge in [-0.1, -0.05) is 13.0 Å². The zero-order chi connectivity index (χ0) is 17.4. The van der Waals surface area contributed by atoms with E-state index < -0.39 is 0 Å². The second-order valence-corrected chi connectivity index (χ2v) is 8.15. The van der Waals surface area contributed by atoms with Crippen molar-refractivity contribution in [1.82, 2.24) is 5.32 Å². The van der Waals surface area contributed by atoms with E-state index >= 15 is 0 Å². The van der Waals surface area contributed by atoms with E-state index in [4.69, 9.17) is 0 Å². The Morgan fingerprint density at radius 1 is 1.16 bits per heavy atom. The molecule has 130 valence electrons. The Bertz CT molecular complexity index is 823. The lowest BCUT2D eigenvalue weighted by molar-refractivity contribution is 0.0949. The Morgan fingerprint density at radius 3 is 2.80 bits per heavy atom. The van der Waals surface area contributed by atoms with Crippen molar-refractivity contribution in [3.05, 3.63) is 51.2 Å². The number of carbonyl (C=O) groups excluding carboxylic acids is 2. The Labute approximate surface area is 151 Å². The molecule has 5 heteroatoms. The van der Waals surface area contributed by atoms with Crippen molar-refractivity contribution < 1.29 is 9.59 Å². The molecule has 1 saturated carbocycles. The molecule has 1 unspecified atom stereocenters. The molecular weight excluding hydrogens is 332 g/mol. The summed E-state index contributed by atoms with van der Waals surface area (Å²) in [5.41, 5.74) is 3.26. The van der Waals surface area contributed by atoms with Crippen molar-refractivity contribution in [1.29, 1.82) is 0 Å². The number of anilines is 1. The van der Waals surface area contributed by atoms with Gasteiger partial charge in [0.05, 0.1) is 5.56 Å². The van der Waals surface area contributed by atoms with Gasteiger partial charge in [0.1, 0.15) is 0 Å². The number of nitrogens with one attached hydrogen (secondary N) is 2. The van der Waals surface area contributed by atoms with Gasteiger partial charge in [-0.05, 0) is 61.8 Å². The largest absolute Gasteiger partial charge is 0.349 e. The van der Waals surface area contributed by atoms with Crippen molar-refractivity contribution in [2.24, 2.45) is 5.92 Å². The predicted octanol–water partition coefficient (Wildman–Crippen LogP) is 4.02. The first-order chi connectivity index (χ1) is 12.1. The molecule has 25 heavy (non-hydrogen) atoms. The molecule has 1 atom stereocenters. The number of thiophene rings is 1. The van der Waals surface area contributed by atoms with E-state index in [-0.39, 0.29) is 11.8 Å². The highest BCUT2D eigenvalue weighted by molar-refractivity contribution is 7.10. The van der Waals surface area contributed by atoms with Gasteiger partial charge >= 0.3 is 0 Å². The summed E-state index contributed by atoms with van der Waals surface area (Å²) in [5, 5.41) is 7.90. The predicted molar refractivity (Wildman–Crippen MR) is 100 cm³/mol. The number of hydrogen-bond acceptors (Lipinski definition) is 3. The highest BCUT2D eigenvalue weighted by atomic mass is 32.1. The molecule has 0 aliphatic heterocycles. The van der Waals surface area contributed by atoms with Crippen molar-refractivity contribution in [3.8, 4) is 0 Å². The average molecular weight is 354 g/mol. The summed E-state index contributed by atoms with van der Waals surface area (Å²) < 4.78 is 0. The molecule has 2 aliphatic rings. The third kappa shape index (κ3) is 3.61. The minimum atomic E-state index is -0.0770. The van der Waals surface area contributed by atoms with Crippen molar-refractivity contribution in [2.75, 3.05) is 5.32 Å². The number of benzene rings is 1. The fraction of sp³-hybridized carbons (Fsp3) is 0.400. The van der Waals surface area contributed by atoms with E-state index in [1.54, 1.807) is 23.5 Å². The highest BCUT2D eigenvalue weighted by Crippen LogP contribution is 2.33. The summed E-state index contributed by atoms with van der Waals surface area (Å²) in [6, 6.07) is 7.48. The maximum absolute atomic E-state index is 12.7. The molecule has 2 aliphatic carbocycles. The van der Waals surface area contributed by atoms with Gasteiger partial charge in [0, 0.05) is 27.5 Å². The topological polar surface area (TPSA) is 58.2 Å². The molecule has 2 N–H and O–H groups in total. The van der Waals surface area contributed by atoms with E-state index in [0.29, 0.717) is 23.2 Å². The fourth-order valence-electron chi connectivity index (χ4n) is 3.30. The molecule has 4 rings (SSSR count). The fourth-order valence-corrected chi connectivity index (χ4v) is 4.55. The summed E-state index contributed by atoms with van der Waals surface area (Å²) in [6.07, 6.45) is 5.31. The summed E-state index contributed by atoms with van der Waals surface area (Å²) >= 11 is 1.69. The van der Waals surface area contributed by atoms with Crippen LogP contribution in [0.1, 0.15) is 57.3 Å². The zero-order valence-electron chi connectivity index (χ0n) is 14.3. The molecule has 4 nitrogen and oxygen atoms in total. The third-order valence-corrected chi connectivity index (χ3v) is 5.99. The lowest BCUT2D eigenvalue weighted by Gasteiger charge is -2.18. The normalized spacial score (nSPS) is 19.2. The SMILES string of the molecule is CC1CCc2c(C(=O)Nc3cccc(C(=O)NC4CC4)c3)csc2C1. The van der Waals surface area contributed by atoms with Gasteiger partial charge < -0.3 is 10.6 Å². The molecule has 1 heterocycles. The van der Waals surface area contributed by atoms with E-state index in [9.17, 15) is 9.59 Å². The number of hydrogen-bond donors (Lipinski definition) is 2. The summed E-state index contributed by atoms with van der Waals surface area (Å²) in [4.78, 5) is 26.2. The maximum Gasteiger partial charge on any atom is 0.256 e. The van der Waals surface area contributed by atoms with Crippen molar-refractivity contribution in [2.45, 2.75) is 45.1 Å². The molecule has 2 aromatic rings. The van der Waals surface area contributed by atoms with Gasteiger partial charge in [-0.15, -0.1) is 11.3 Å². The van der Waals surface area contributed by atoms with Gasteiger partial charge in [-0.2, -0.15) is 0 Å². The number of carbonyl (C=O) groups is 2. The van der Waals surface area contributed by atoms with Crippen LogP contribution in [0, 0.1) is 5.92 Å². The smallest absolute Gasteiger partial charge is 0.256 e. The van der Waals surface area contributed by atoms with Gasteiger partial charge in [0.2, 0.25) is 0 Å². The number of amides is 2. The number of rotatable bonds is 4. The maximum atomic E-state index is 12.7. The first kappa shape index (κ1) is 16.3. The molecule has 1 aromatic heterocycles. The van der Waals surface area contributed by atoms with E-state index in [2.05, 4.69) is 17.6 Å². The zero-order valence-corrected chi connectivity index (χ0v) is 15.1. The summed E-state index contributed by atoms with van der Waals surface area (Å²) in [7, 11) is 0. The molecule has 1 fully saturated rings. The Hall–Kier alpha value is -2.14. The van der Waals surface area contributed by atoms with Crippen LogP contribution in [-0.2, 0) is 12.8 Å². The molecule has 0 bridgehead atoms. The first-order valence-electron chi connectivity index (χ1n) is 8.91. The Kier molecular flexibility index (Phi) is 4.34. The van der Waals surface area contributed by atoms with Crippen LogP contribution in [-0.4, -0.2) is 17.9 Å². The van der Waals surface area contributed by atoms with Crippen LogP contribution >= 0.6 is 11.3 Å². The molecule has 0 spiro atoms. The van der Waals surface area contributed by atoms with Crippen LogP contribution in [0.25, 0.3) is 0 Å². The Morgan fingerprint density at radius 2 is 2.00 bits per heavy atom. The summed E-state index contributed by atoms with van der Waals surface area (Å²) in [6.45, 7) is 2.26. The third-order valence-electron chi connectivity index (χ3n) is 4.94. The molecule has 0 saturated heterocycles. The lowest BCUT2D eigenvalue weighted by atomic mass is 9.88. The second-order valence-electron chi connectivity index (χ2n) is 7.18. The first-order valence-corrected chi connectivity index (χ1v) is 9.79. The minimum absolute atomic E-state index is 0.0690.